The third-order valence-corrected chi connectivity index (χ3v) is 1.12. The largest absolute Gasteiger partial charge is 0.453 e. The molecule has 0 aromatic carbocycles. The number of hydrogen-bond acceptors (Lipinski definition) is 0. The summed E-state index contributed by atoms with van der Waals surface area (Å²) in [6.45, 7) is 0. The normalized spacial score (nSPS) is 15.6. The first-order valence-corrected chi connectivity index (χ1v) is 2.97. The Labute approximate surface area is 75.9 Å². The van der Waals surface area contributed by atoms with E-state index in [-0.39, 0.29) is 0 Å². The van der Waals surface area contributed by atoms with Gasteiger partial charge in [-0.1, -0.05) is 0 Å². The van der Waals surface area contributed by atoms with Gasteiger partial charge in [0.1, 0.15) is 6.42 Å². The molecule has 0 N–H and O–H groups in total. The molecule has 0 spiro atoms. The van der Waals surface area contributed by atoms with Crippen LogP contribution < -0.4 is 0 Å². The van der Waals surface area contributed by atoms with E-state index in [0.29, 0.717) is 0 Å². The van der Waals surface area contributed by atoms with Gasteiger partial charge in [0.05, 0.1) is 0 Å². The van der Waals surface area contributed by atoms with Crippen molar-refractivity contribution in [1.82, 2.24) is 0 Å². The van der Waals surface area contributed by atoms with E-state index in [1.54, 1.807) is 0 Å². The summed E-state index contributed by atoms with van der Waals surface area (Å²) in [7, 11) is 0. The average molecular weight is 251 g/mol. The summed E-state index contributed by atoms with van der Waals surface area (Å²) in [6, 6.07) is 0. The Bertz CT molecular complexity index is 195. The predicted octanol–water partition coefficient (Wildman–Crippen LogP) is 3.59. The Balaban J connectivity index is 4.89. The van der Waals surface area contributed by atoms with Crippen molar-refractivity contribution < 1.29 is 43.9 Å². The molecule has 0 rings (SSSR count). The summed E-state index contributed by atoms with van der Waals surface area (Å²) in [6.07, 6.45) is -15.4. The first-order valence-electron chi connectivity index (χ1n) is 2.97. The smallest absolute Gasteiger partial charge is 0.196 e. The molecule has 0 bridgehead atoms. The monoisotopic (exact) mass is 251 g/mol. The maximum Gasteiger partial charge on any atom is 0.453 e. The lowest BCUT2D eigenvalue weighted by molar-refractivity contribution is -0.311. The minimum absolute atomic E-state index is 2.38. The number of rotatable bonds is 2. The Morgan fingerprint density at radius 1 is 0.467 bits per heavy atom. The summed E-state index contributed by atoms with van der Waals surface area (Å²) in [5.41, 5.74) is 0. The van der Waals surface area contributed by atoms with Crippen LogP contribution in [0.4, 0.5) is 43.9 Å². The molecule has 0 atom stereocenters. The molecule has 0 aliphatic carbocycles. The Morgan fingerprint density at radius 2 is 0.667 bits per heavy atom. The van der Waals surface area contributed by atoms with Crippen LogP contribution in [0.15, 0.2) is 0 Å². The van der Waals surface area contributed by atoms with Crippen LogP contribution in [0.25, 0.3) is 0 Å². The predicted molar refractivity (Wildman–Crippen MR) is 26.3 cm³/mol. The molecule has 15 heavy (non-hydrogen) atoms. The number of halogens is 10. The minimum Gasteiger partial charge on any atom is -0.196 e. The van der Waals surface area contributed by atoms with E-state index in [4.69, 9.17) is 0 Å². The molecule has 0 unspecified atom stereocenters. The van der Waals surface area contributed by atoms with Gasteiger partial charge in [-0.05, 0) is 0 Å². The molecule has 10 heteroatoms. The lowest BCUT2D eigenvalue weighted by Crippen LogP contribution is -2.48. The molecule has 0 aromatic heterocycles. The van der Waals surface area contributed by atoms with E-state index in [2.05, 4.69) is 0 Å². The van der Waals surface area contributed by atoms with Crippen LogP contribution in [-0.2, 0) is 0 Å². The van der Waals surface area contributed by atoms with Crippen molar-refractivity contribution in [2.24, 2.45) is 0 Å². The van der Waals surface area contributed by atoms with Crippen LogP contribution in [0.3, 0.4) is 0 Å². The highest BCUT2D eigenvalue weighted by molar-refractivity contribution is 5.03. The highest BCUT2D eigenvalue weighted by atomic mass is 19.4. The van der Waals surface area contributed by atoms with Crippen molar-refractivity contribution in [1.29, 1.82) is 0 Å². The van der Waals surface area contributed by atoms with E-state index in [1.807, 2.05) is 0 Å². The highest BCUT2D eigenvalue weighted by Crippen LogP contribution is 2.47. The zero-order valence-electron chi connectivity index (χ0n) is 6.36. The topological polar surface area (TPSA) is 0 Å². The molecular formula is C5HF10. The van der Waals surface area contributed by atoms with Crippen molar-refractivity contribution >= 4 is 0 Å². The number of hydrogen-bond donors (Lipinski definition) is 0. The summed E-state index contributed by atoms with van der Waals surface area (Å²) in [4.78, 5) is 0. The van der Waals surface area contributed by atoms with Gasteiger partial charge in [0.2, 0.25) is 0 Å². The maximum absolute atomic E-state index is 11.8. The fraction of sp³-hybridized carbons (Fsp3) is 0.800. The third-order valence-electron chi connectivity index (χ3n) is 1.12. The van der Waals surface area contributed by atoms with E-state index >= 15 is 0 Å². The van der Waals surface area contributed by atoms with E-state index < -0.39 is 30.6 Å². The van der Waals surface area contributed by atoms with Gasteiger partial charge in [0.15, 0.2) is 0 Å². The summed E-state index contributed by atoms with van der Waals surface area (Å²) >= 11 is 0. The van der Waals surface area contributed by atoms with Gasteiger partial charge >= 0.3 is 24.2 Å². The molecule has 91 valence electrons. The van der Waals surface area contributed by atoms with Gasteiger partial charge in [0, 0.05) is 0 Å². The first kappa shape index (κ1) is 14.3. The lowest BCUT2D eigenvalue weighted by atomic mass is 10.1. The summed E-state index contributed by atoms with van der Waals surface area (Å²) < 4.78 is 115. The average Bonchev–Trinajstić information content (AvgIpc) is 1.77. The van der Waals surface area contributed by atoms with Gasteiger partial charge in [-0.15, -0.1) is 0 Å². The highest BCUT2D eigenvalue weighted by Gasteiger charge is 2.69. The second-order valence-electron chi connectivity index (χ2n) is 2.39. The van der Waals surface area contributed by atoms with Crippen molar-refractivity contribution in [3.63, 3.8) is 0 Å². The summed E-state index contributed by atoms with van der Waals surface area (Å²) in [5, 5.41) is 0. The van der Waals surface area contributed by atoms with Gasteiger partial charge in [-0.2, -0.15) is 43.9 Å². The van der Waals surface area contributed by atoms with E-state index in [0.717, 1.165) is 0 Å². The Kier molecular flexibility index (Phi) is 3.25. The van der Waals surface area contributed by atoms with Crippen LogP contribution in [0.5, 0.6) is 0 Å². The molecule has 0 saturated carbocycles. The zero-order chi connectivity index (χ0) is 12.7. The van der Waals surface area contributed by atoms with Crippen LogP contribution in [0.2, 0.25) is 0 Å². The molecule has 0 nitrogen and oxygen atoms in total. The van der Waals surface area contributed by atoms with Gasteiger partial charge in [-0.25, -0.2) is 0 Å². The van der Waals surface area contributed by atoms with Crippen LogP contribution in [-0.4, -0.2) is 24.2 Å². The molecule has 0 aliphatic heterocycles. The SMILES string of the molecule is FC(F)(F)C(F)(F)[CH]C(F)(F)C(F)(F)F. The van der Waals surface area contributed by atoms with Gasteiger partial charge in [-0.3, -0.25) is 0 Å². The third kappa shape index (κ3) is 3.13. The zero-order valence-corrected chi connectivity index (χ0v) is 6.36. The molecular weight excluding hydrogens is 250 g/mol. The molecule has 0 fully saturated rings. The van der Waals surface area contributed by atoms with Crippen LogP contribution in [0, 0.1) is 6.42 Å². The number of alkyl halides is 10. The Morgan fingerprint density at radius 3 is 0.800 bits per heavy atom. The summed E-state index contributed by atoms with van der Waals surface area (Å²) in [5.74, 6) is -12.4. The van der Waals surface area contributed by atoms with Crippen molar-refractivity contribution in [2.75, 3.05) is 0 Å². The standard InChI is InChI=1S/C5HF10/c6-2(7,4(10,11)12)1-3(8,9)5(13,14)15/h1H. The minimum atomic E-state index is -6.50. The maximum atomic E-state index is 11.8. The molecule has 0 saturated heterocycles. The second-order valence-corrected chi connectivity index (χ2v) is 2.39. The van der Waals surface area contributed by atoms with Crippen molar-refractivity contribution in [2.45, 2.75) is 24.2 Å². The van der Waals surface area contributed by atoms with Crippen molar-refractivity contribution in [3.8, 4) is 0 Å². The lowest BCUT2D eigenvalue weighted by Gasteiger charge is -2.25. The molecule has 0 heterocycles. The second kappa shape index (κ2) is 3.41. The Hall–Kier alpha value is -0.700. The molecule has 0 amide bonds. The first-order chi connectivity index (χ1) is 6.21. The van der Waals surface area contributed by atoms with E-state index in [9.17, 15) is 43.9 Å². The van der Waals surface area contributed by atoms with Crippen molar-refractivity contribution in [3.05, 3.63) is 6.42 Å². The van der Waals surface area contributed by atoms with Crippen LogP contribution >= 0.6 is 0 Å². The molecule has 0 aromatic rings. The molecule has 0 aliphatic rings. The quantitative estimate of drug-likeness (QED) is 0.658. The van der Waals surface area contributed by atoms with Gasteiger partial charge < -0.3 is 0 Å². The van der Waals surface area contributed by atoms with Crippen LogP contribution in [0.1, 0.15) is 0 Å². The fourth-order valence-corrected chi connectivity index (χ4v) is 0.391. The van der Waals surface area contributed by atoms with Gasteiger partial charge in [0.25, 0.3) is 0 Å². The fourth-order valence-electron chi connectivity index (χ4n) is 0.391. The van der Waals surface area contributed by atoms with E-state index in [1.165, 1.54) is 0 Å². The molecule has 1 radical (unpaired) electrons.